The molecule has 5 atom stereocenters. The molecule has 0 aromatic carbocycles. The van der Waals surface area contributed by atoms with E-state index in [0.29, 0.717) is 0 Å². The van der Waals surface area contributed by atoms with Crippen LogP contribution in [0.4, 0.5) is 0 Å². The molecule has 1 saturated heterocycles. The van der Waals surface area contributed by atoms with Gasteiger partial charge in [-0.1, -0.05) is 0 Å². The number of hydrogen-bond acceptors (Lipinski definition) is 6. The Balaban J connectivity index is 2.63. The van der Waals surface area contributed by atoms with Gasteiger partial charge >= 0.3 is 0 Å². The van der Waals surface area contributed by atoms with Crippen molar-refractivity contribution in [1.82, 2.24) is 5.32 Å². The van der Waals surface area contributed by atoms with Gasteiger partial charge in [0, 0.05) is 13.5 Å². The smallest absolute Gasteiger partial charge is 0.222 e. The van der Waals surface area contributed by atoms with Crippen molar-refractivity contribution in [1.29, 1.82) is 0 Å². The Morgan fingerprint density at radius 1 is 1.41 bits per heavy atom. The Labute approximate surface area is 99.3 Å². The lowest BCUT2D eigenvalue weighted by Gasteiger charge is -2.41. The molecule has 0 aromatic heterocycles. The van der Waals surface area contributed by atoms with E-state index in [1.165, 1.54) is 7.11 Å². The fourth-order valence-electron chi connectivity index (χ4n) is 1.79. The van der Waals surface area contributed by atoms with Crippen molar-refractivity contribution >= 4 is 5.91 Å². The highest BCUT2D eigenvalue weighted by Crippen LogP contribution is 2.21. The summed E-state index contributed by atoms with van der Waals surface area (Å²) in [6.07, 6.45) is -3.87. The molecule has 0 saturated carbocycles. The third kappa shape index (κ3) is 3.36. The number of carbonyl (C=O) groups is 1. The van der Waals surface area contributed by atoms with E-state index >= 15 is 0 Å². The maximum Gasteiger partial charge on any atom is 0.222 e. The van der Waals surface area contributed by atoms with E-state index in [4.69, 9.17) is 14.6 Å². The van der Waals surface area contributed by atoms with Crippen LogP contribution < -0.4 is 5.32 Å². The molecule has 100 valence electrons. The first kappa shape index (κ1) is 14.3. The predicted molar refractivity (Wildman–Crippen MR) is 57.0 cm³/mol. The normalized spacial score (nSPS) is 37.8. The van der Waals surface area contributed by atoms with Gasteiger partial charge in [-0.3, -0.25) is 4.79 Å². The standard InChI is InChI=1S/C10H19NO6/c1-5-7(11-6(13)3-4-12)8(14)9(15)10(16-2)17-5/h5,7-10,12,14-15H,3-4H2,1-2H3,(H,11,13)/t5-,7-,8+,9+,10+/m1/s1. The quantitative estimate of drug-likeness (QED) is 0.457. The second kappa shape index (κ2) is 6.27. The topological polar surface area (TPSA) is 108 Å². The average Bonchev–Trinajstić information content (AvgIpc) is 2.29. The molecule has 17 heavy (non-hydrogen) atoms. The van der Waals surface area contributed by atoms with Gasteiger partial charge in [-0.15, -0.1) is 0 Å². The minimum absolute atomic E-state index is 0.0558. The summed E-state index contributed by atoms with van der Waals surface area (Å²) in [5.74, 6) is -0.407. The fraction of sp³-hybridized carbons (Fsp3) is 0.900. The van der Waals surface area contributed by atoms with Crippen LogP contribution in [0.2, 0.25) is 0 Å². The molecule has 0 radical (unpaired) electrons. The Hall–Kier alpha value is -0.730. The van der Waals surface area contributed by atoms with Gasteiger partial charge in [0.25, 0.3) is 0 Å². The van der Waals surface area contributed by atoms with Gasteiger partial charge in [0.1, 0.15) is 12.2 Å². The van der Waals surface area contributed by atoms with Gasteiger partial charge in [0.2, 0.25) is 5.91 Å². The molecule has 0 bridgehead atoms. The van der Waals surface area contributed by atoms with E-state index in [1.54, 1.807) is 6.92 Å². The zero-order chi connectivity index (χ0) is 13.0. The highest BCUT2D eigenvalue weighted by molar-refractivity contribution is 5.76. The van der Waals surface area contributed by atoms with Crippen LogP contribution in [0.25, 0.3) is 0 Å². The first-order chi connectivity index (χ1) is 8.01. The minimum atomic E-state index is -1.23. The Bertz CT molecular complexity index is 261. The summed E-state index contributed by atoms with van der Waals surface area (Å²) in [6.45, 7) is 1.39. The van der Waals surface area contributed by atoms with Crippen molar-refractivity contribution in [3.8, 4) is 0 Å². The van der Waals surface area contributed by atoms with E-state index in [1.807, 2.05) is 0 Å². The molecule has 0 spiro atoms. The predicted octanol–water partition coefficient (Wildman–Crippen LogP) is -2.03. The molecule has 0 aromatic rings. The molecule has 1 aliphatic rings. The maximum atomic E-state index is 11.3. The molecule has 1 aliphatic heterocycles. The van der Waals surface area contributed by atoms with Crippen molar-refractivity contribution < 1.29 is 29.6 Å². The number of methoxy groups -OCH3 is 1. The summed E-state index contributed by atoms with van der Waals surface area (Å²) < 4.78 is 10.2. The summed E-state index contributed by atoms with van der Waals surface area (Å²) in [4.78, 5) is 11.3. The van der Waals surface area contributed by atoms with Crippen LogP contribution in [0.15, 0.2) is 0 Å². The second-order valence-corrected chi connectivity index (χ2v) is 3.99. The first-order valence-electron chi connectivity index (χ1n) is 5.46. The van der Waals surface area contributed by atoms with Crippen LogP contribution in [0.5, 0.6) is 0 Å². The van der Waals surface area contributed by atoms with Crippen LogP contribution in [0.1, 0.15) is 13.3 Å². The van der Waals surface area contributed by atoms with E-state index < -0.39 is 36.6 Å². The molecule has 1 fully saturated rings. The molecule has 7 nitrogen and oxygen atoms in total. The Kier molecular flexibility index (Phi) is 5.29. The van der Waals surface area contributed by atoms with Crippen molar-refractivity contribution in [2.24, 2.45) is 0 Å². The molecular weight excluding hydrogens is 230 g/mol. The number of ether oxygens (including phenoxy) is 2. The molecular formula is C10H19NO6. The van der Waals surface area contributed by atoms with Gasteiger partial charge in [-0.05, 0) is 6.92 Å². The lowest BCUT2D eigenvalue weighted by Crippen LogP contribution is -2.63. The van der Waals surface area contributed by atoms with Crippen LogP contribution in [0.3, 0.4) is 0 Å². The van der Waals surface area contributed by atoms with Gasteiger partial charge in [-0.25, -0.2) is 0 Å². The highest BCUT2D eigenvalue weighted by Gasteiger charge is 2.43. The summed E-state index contributed by atoms with van der Waals surface area (Å²) >= 11 is 0. The van der Waals surface area contributed by atoms with Crippen LogP contribution >= 0.6 is 0 Å². The van der Waals surface area contributed by atoms with Crippen molar-refractivity contribution in [2.75, 3.05) is 13.7 Å². The van der Waals surface area contributed by atoms with Crippen LogP contribution in [-0.2, 0) is 14.3 Å². The Morgan fingerprint density at radius 3 is 2.59 bits per heavy atom. The Morgan fingerprint density at radius 2 is 2.06 bits per heavy atom. The SMILES string of the molecule is CO[C@H]1O[C@H](C)[C@@H](NC(=O)CCO)[C@H](O)[C@@H]1O. The largest absolute Gasteiger partial charge is 0.396 e. The van der Waals surface area contributed by atoms with Gasteiger partial charge < -0.3 is 30.1 Å². The van der Waals surface area contributed by atoms with Crippen molar-refractivity contribution in [2.45, 2.75) is 44.0 Å². The minimum Gasteiger partial charge on any atom is -0.396 e. The molecule has 0 unspecified atom stereocenters. The summed E-state index contributed by atoms with van der Waals surface area (Å²) in [5.41, 5.74) is 0. The third-order valence-corrected chi connectivity index (χ3v) is 2.75. The van der Waals surface area contributed by atoms with Crippen molar-refractivity contribution in [3.05, 3.63) is 0 Å². The fourth-order valence-corrected chi connectivity index (χ4v) is 1.79. The van der Waals surface area contributed by atoms with Crippen molar-refractivity contribution in [3.63, 3.8) is 0 Å². The van der Waals surface area contributed by atoms with E-state index in [2.05, 4.69) is 5.32 Å². The molecule has 1 rings (SSSR count). The van der Waals surface area contributed by atoms with E-state index in [9.17, 15) is 15.0 Å². The second-order valence-electron chi connectivity index (χ2n) is 3.99. The highest BCUT2D eigenvalue weighted by atomic mass is 16.7. The van der Waals surface area contributed by atoms with Gasteiger partial charge in [0.15, 0.2) is 6.29 Å². The van der Waals surface area contributed by atoms with Crippen LogP contribution in [-0.4, -0.2) is 65.6 Å². The van der Waals surface area contributed by atoms with E-state index in [-0.39, 0.29) is 13.0 Å². The van der Waals surface area contributed by atoms with Crippen LogP contribution in [0, 0.1) is 0 Å². The van der Waals surface area contributed by atoms with Gasteiger partial charge in [-0.2, -0.15) is 0 Å². The first-order valence-corrected chi connectivity index (χ1v) is 5.46. The number of carbonyl (C=O) groups excluding carboxylic acids is 1. The zero-order valence-electron chi connectivity index (χ0n) is 9.87. The molecule has 1 heterocycles. The summed E-state index contributed by atoms with van der Waals surface area (Å²) in [6, 6.07) is -0.726. The lowest BCUT2D eigenvalue weighted by atomic mass is 9.97. The number of amides is 1. The lowest BCUT2D eigenvalue weighted by molar-refractivity contribution is -0.263. The number of aliphatic hydroxyl groups is 3. The summed E-state index contributed by atoms with van der Waals surface area (Å²) in [7, 11) is 1.36. The third-order valence-electron chi connectivity index (χ3n) is 2.75. The average molecular weight is 249 g/mol. The number of aliphatic hydroxyl groups excluding tert-OH is 3. The zero-order valence-corrected chi connectivity index (χ0v) is 9.87. The van der Waals surface area contributed by atoms with E-state index in [0.717, 1.165) is 0 Å². The maximum absolute atomic E-state index is 11.3. The molecule has 7 heteroatoms. The molecule has 1 amide bonds. The monoisotopic (exact) mass is 249 g/mol. The molecule has 4 N–H and O–H groups in total. The summed E-state index contributed by atoms with van der Waals surface area (Å²) in [5, 5.41) is 30.6. The number of nitrogens with one attached hydrogen (secondary N) is 1. The number of hydrogen-bond donors (Lipinski definition) is 4. The molecule has 0 aliphatic carbocycles. The van der Waals surface area contributed by atoms with Gasteiger partial charge in [0.05, 0.1) is 18.8 Å². The number of rotatable bonds is 4.